The molecular weight excluding hydrogens is 1390 g/mol. The van der Waals surface area contributed by atoms with Gasteiger partial charge in [0.05, 0.1) is 27.8 Å². The third-order valence-corrected chi connectivity index (χ3v) is 12.4. The molecule has 4 aromatic carbocycles. The Kier molecular flexibility index (Phi) is 31.4. The molecule has 2 aromatic heterocycles. The minimum atomic E-state index is -3.00. The van der Waals surface area contributed by atoms with Crippen molar-refractivity contribution in [1.29, 1.82) is 0 Å². The fourth-order valence-electron chi connectivity index (χ4n) is 7.59. The molecule has 16 N–H and O–H groups in total. The first-order valence-electron chi connectivity index (χ1n) is 30.7. The van der Waals surface area contributed by atoms with E-state index in [9.17, 15) is 57.4 Å². The second kappa shape index (κ2) is 37.8. The van der Waals surface area contributed by atoms with Gasteiger partial charge in [0.1, 0.15) is 77.6 Å². The van der Waals surface area contributed by atoms with Gasteiger partial charge in [-0.3, -0.25) is 0 Å². The number of nitrogens with zero attached hydrogens (tertiary/aromatic N) is 4. The van der Waals surface area contributed by atoms with Crippen LogP contribution in [-0.4, -0.2) is 169 Å². The van der Waals surface area contributed by atoms with E-state index in [0.29, 0.717) is 39.7 Å². The number of carbonyl (C=O) groups is 8. The summed E-state index contributed by atoms with van der Waals surface area (Å²) < 4.78 is 80.9. The molecule has 0 aliphatic carbocycles. The van der Waals surface area contributed by atoms with Crippen LogP contribution in [0.3, 0.4) is 0 Å². The van der Waals surface area contributed by atoms with Gasteiger partial charge in [-0.05, 0) is 157 Å². The van der Waals surface area contributed by atoms with Crippen molar-refractivity contribution in [3.05, 3.63) is 88.6 Å². The number of aliphatic carboxylic acids is 4. The summed E-state index contributed by atoms with van der Waals surface area (Å²) in [6.07, 6.45) is -3.47. The number of benzene rings is 4. The van der Waals surface area contributed by atoms with Crippen molar-refractivity contribution in [3.8, 4) is 51.7 Å². The minimum Gasteiger partial charge on any atom is -0.489 e. The lowest BCUT2D eigenvalue weighted by Gasteiger charge is -2.22. The summed E-state index contributed by atoms with van der Waals surface area (Å²) >= 11 is 5.84. The number of carbonyl (C=O) groups excluding carboxylic acids is 4. The summed E-state index contributed by atoms with van der Waals surface area (Å²) in [7, 11) is 0. The Balaban J connectivity index is 0.000000358. The monoisotopic (exact) mass is 1480 g/mol. The molecule has 103 heavy (non-hydrogen) atoms. The fraction of sp³-hybridized carbons (Fsp3) is 0.446. The average Bonchev–Trinajstić information content (AvgIpc) is 1.78. The van der Waals surface area contributed by atoms with Crippen LogP contribution in [0.5, 0.6) is 28.7 Å². The lowest BCUT2D eigenvalue weighted by atomic mass is 10.1. The molecule has 0 saturated heterocycles. The zero-order chi connectivity index (χ0) is 78.2. The van der Waals surface area contributed by atoms with Crippen LogP contribution in [0.1, 0.15) is 106 Å². The zero-order valence-electron chi connectivity index (χ0n) is 59.3. The lowest BCUT2D eigenvalue weighted by molar-refractivity contribution is -0.141. The number of anilines is 4. The molecule has 0 bridgehead atoms. The number of halogens is 3. The first-order chi connectivity index (χ1) is 47.5. The Bertz CT molecular complexity index is 3760. The molecule has 6 aromatic rings. The molecule has 0 aliphatic rings. The van der Waals surface area contributed by atoms with Crippen molar-refractivity contribution in [2.24, 2.45) is 0 Å². The first kappa shape index (κ1) is 85.7. The molecule has 6 rings (SSSR count). The third-order valence-electron chi connectivity index (χ3n) is 12.0. The highest BCUT2D eigenvalue weighted by molar-refractivity contribution is 6.33. The van der Waals surface area contributed by atoms with Gasteiger partial charge >= 0.3 is 54.9 Å². The molecule has 0 fully saturated rings. The summed E-state index contributed by atoms with van der Waals surface area (Å²) in [5.74, 6) is -2.97. The van der Waals surface area contributed by atoms with E-state index < -0.39 is 108 Å². The third kappa shape index (κ3) is 31.7. The molecule has 35 nitrogen and oxygen atoms in total. The maximum Gasteiger partial charge on any atom is 0.408 e. The number of hydrogen-bond acceptors (Lipinski definition) is 27. The summed E-state index contributed by atoms with van der Waals surface area (Å²) in [6.45, 7) is 22.5. The van der Waals surface area contributed by atoms with Crippen molar-refractivity contribution in [1.82, 2.24) is 41.7 Å². The standard InChI is InChI=1S/2C18H24N4O6.C15H20F2N2O6.C14H19ClN2O5/c2*1-9-6-14(12(19)7-11(9)15-22-21-10(2)27-15)26-8-13(16(23)24)20-17(25)28-18(3,4)5;1-15(2,3)25-14(22)19-10(12(20)21)7-23-11-5-4-8(6-9(11)18)24-13(16)17;1-14(2,3)22-13(20)17-9(12(18)19)7-21-10-6-4-5-8(15)11(10)16/h2*6-7,13H,8,19H2,1-5H3,(H,20,25)(H,23,24);4-6,10,13H,7,18H2,1-3H3,(H,19,22)(H,20,21);4-6,9H,7,16H2,1-3H3,(H,17,20)(H,18,19)/t2*13-;10-;9-/m0000/s1. The molecule has 0 unspecified atom stereocenters. The lowest BCUT2D eigenvalue weighted by Crippen LogP contribution is -2.46. The van der Waals surface area contributed by atoms with Gasteiger partial charge in [-0.25, -0.2) is 38.4 Å². The van der Waals surface area contributed by atoms with E-state index in [1.165, 1.54) is 12.1 Å². The number of carboxylic acid groups (broad SMARTS) is 4. The van der Waals surface area contributed by atoms with Crippen LogP contribution in [0.15, 0.2) is 69.5 Å². The number of amides is 4. The first-order valence-corrected chi connectivity index (χ1v) is 31.1. The van der Waals surface area contributed by atoms with Crippen LogP contribution in [0.4, 0.5) is 50.7 Å². The second-order valence-electron chi connectivity index (χ2n) is 25.8. The second-order valence-corrected chi connectivity index (χ2v) is 26.2. The van der Waals surface area contributed by atoms with Crippen molar-refractivity contribution in [2.75, 3.05) is 49.4 Å². The predicted octanol–water partition coefficient (Wildman–Crippen LogP) is 9.09. The Hall–Kier alpha value is -11.5. The fourth-order valence-corrected chi connectivity index (χ4v) is 7.75. The molecule has 0 aliphatic heterocycles. The number of para-hydroxylation sites is 1. The molecule has 4 atom stereocenters. The number of nitrogen functional groups attached to an aromatic ring is 4. The van der Waals surface area contributed by atoms with Crippen molar-refractivity contribution >= 4 is 82.6 Å². The predicted molar refractivity (Wildman–Crippen MR) is 366 cm³/mol. The molecule has 0 saturated carbocycles. The summed E-state index contributed by atoms with van der Waals surface area (Å²) in [5, 5.41) is 61.5. The van der Waals surface area contributed by atoms with Gasteiger partial charge < -0.3 is 116 Å². The number of aryl methyl sites for hydroxylation is 4. The number of nitrogens with two attached hydrogens (primary N) is 4. The maximum atomic E-state index is 12.1. The quantitative estimate of drug-likeness (QED) is 0.0198. The smallest absolute Gasteiger partial charge is 0.408 e. The number of nitrogens with one attached hydrogen (secondary N) is 4. The highest BCUT2D eigenvalue weighted by atomic mass is 35.5. The van der Waals surface area contributed by atoms with E-state index in [2.05, 4.69) is 46.4 Å². The summed E-state index contributed by atoms with van der Waals surface area (Å²) in [6, 6.07) is 9.47. The van der Waals surface area contributed by atoms with Gasteiger partial charge in [0.15, 0.2) is 24.2 Å². The normalized spacial score (nSPS) is 12.3. The molecule has 566 valence electrons. The van der Waals surface area contributed by atoms with Gasteiger partial charge in [0.25, 0.3) is 0 Å². The van der Waals surface area contributed by atoms with Crippen molar-refractivity contribution < 1.29 is 119 Å². The molecule has 0 spiro atoms. The van der Waals surface area contributed by atoms with E-state index in [0.717, 1.165) is 17.2 Å². The van der Waals surface area contributed by atoms with E-state index in [4.69, 9.17) is 91.5 Å². The average molecular weight is 1480 g/mol. The maximum absolute atomic E-state index is 12.1. The Morgan fingerprint density at radius 2 is 0.767 bits per heavy atom. The van der Waals surface area contributed by atoms with Gasteiger partial charge in [-0.2, -0.15) is 8.78 Å². The zero-order valence-corrected chi connectivity index (χ0v) is 60.0. The van der Waals surface area contributed by atoms with Crippen molar-refractivity contribution in [2.45, 2.75) is 164 Å². The summed E-state index contributed by atoms with van der Waals surface area (Å²) in [5.41, 5.74) is 23.8. The largest absolute Gasteiger partial charge is 0.489 e. The van der Waals surface area contributed by atoms with Gasteiger partial charge in [0, 0.05) is 31.0 Å². The SMILES string of the molecule is CC(C)(C)OC(=O)N[C@@H](COc1ccc(OC(F)F)cc1N)C(=O)O.CC(C)(C)OC(=O)N[C@@H](COc1cccc(Cl)c1N)C(=O)O.Cc1nnc(-c2cc(N)c(OC[C@H](NC(=O)OC(C)(C)C)C(=O)O)cc2C)o1.Cc1nnc(-c2cc(N)c(OC[C@H](NC(=O)OC(C)(C)C)C(=O)O)cc2C)o1. The molecule has 38 heteroatoms. The molecule has 2 heterocycles. The number of aromatic nitrogens is 4. The Morgan fingerprint density at radius 1 is 0.456 bits per heavy atom. The van der Waals surface area contributed by atoms with Crippen LogP contribution in [0.2, 0.25) is 5.02 Å². The number of rotatable bonds is 24. The topological polar surface area (TPSA) is 531 Å². The van der Waals surface area contributed by atoms with Crippen LogP contribution in [0, 0.1) is 27.7 Å². The van der Waals surface area contributed by atoms with Crippen molar-refractivity contribution in [3.63, 3.8) is 0 Å². The molecule has 4 amide bonds. The van der Waals surface area contributed by atoms with Crippen LogP contribution in [-0.2, 0) is 38.1 Å². The number of hydrogen-bond donors (Lipinski definition) is 12. The Labute approximate surface area is 594 Å². The number of ether oxygens (including phenoxy) is 9. The minimum absolute atomic E-state index is 0.0282. The van der Waals surface area contributed by atoms with Crippen LogP contribution >= 0.6 is 11.6 Å². The van der Waals surface area contributed by atoms with E-state index in [-0.39, 0.29) is 71.3 Å². The summed E-state index contributed by atoms with van der Waals surface area (Å²) in [4.78, 5) is 92.0. The van der Waals surface area contributed by atoms with E-state index in [1.807, 2.05) is 0 Å². The molecular formula is C65H87ClF2N12O23. The highest BCUT2D eigenvalue weighted by Gasteiger charge is 2.30. The Morgan fingerprint density at radius 3 is 1.05 bits per heavy atom. The van der Waals surface area contributed by atoms with Crippen LogP contribution < -0.4 is 67.9 Å². The van der Waals surface area contributed by atoms with E-state index >= 15 is 0 Å². The van der Waals surface area contributed by atoms with Crippen LogP contribution in [0.25, 0.3) is 22.9 Å². The van der Waals surface area contributed by atoms with Gasteiger partial charge in [-0.1, -0.05) is 17.7 Å². The highest BCUT2D eigenvalue weighted by Crippen LogP contribution is 2.34. The molecule has 0 radical (unpaired) electrons. The number of alkyl halides is 2. The number of carboxylic acids is 4. The van der Waals surface area contributed by atoms with Gasteiger partial charge in [-0.15, -0.1) is 20.4 Å². The number of alkyl carbamates (subject to hydrolysis) is 4. The van der Waals surface area contributed by atoms with Gasteiger partial charge in [0.2, 0.25) is 23.6 Å². The van der Waals surface area contributed by atoms with E-state index in [1.54, 1.807) is 153 Å².